The predicted molar refractivity (Wildman–Crippen MR) is 88.3 cm³/mol. The molecular formula is C19H32N2. The van der Waals surface area contributed by atoms with E-state index in [0.29, 0.717) is 0 Å². The van der Waals surface area contributed by atoms with Crippen molar-refractivity contribution in [1.82, 2.24) is 9.80 Å². The van der Waals surface area contributed by atoms with Crippen molar-refractivity contribution in [2.75, 3.05) is 32.7 Å². The van der Waals surface area contributed by atoms with E-state index in [1.807, 2.05) is 0 Å². The van der Waals surface area contributed by atoms with Gasteiger partial charge in [-0.15, -0.1) is 0 Å². The molecular weight excluding hydrogens is 256 g/mol. The van der Waals surface area contributed by atoms with Crippen LogP contribution in [0.25, 0.3) is 0 Å². The molecule has 4 aliphatic rings. The largest absolute Gasteiger partial charge is 0.300 e. The summed E-state index contributed by atoms with van der Waals surface area (Å²) in [7, 11) is 0. The second-order valence-electron chi connectivity index (χ2n) is 8.29. The molecule has 0 unspecified atom stereocenters. The molecule has 0 amide bonds. The Morgan fingerprint density at radius 2 is 1.67 bits per heavy atom. The Bertz CT molecular complexity index is 375. The first-order valence-corrected chi connectivity index (χ1v) is 9.42. The molecule has 3 fully saturated rings. The number of hydrogen-bond acceptors (Lipinski definition) is 2. The Morgan fingerprint density at radius 3 is 2.29 bits per heavy atom. The first-order valence-electron chi connectivity index (χ1n) is 9.42. The average molecular weight is 288 g/mol. The molecule has 2 bridgehead atoms. The molecule has 3 aliphatic carbocycles. The van der Waals surface area contributed by atoms with Crippen molar-refractivity contribution in [2.24, 2.45) is 23.7 Å². The average Bonchev–Trinajstić information content (AvgIpc) is 3.12. The van der Waals surface area contributed by atoms with Gasteiger partial charge in [-0.1, -0.05) is 19.1 Å². The van der Waals surface area contributed by atoms with Crippen LogP contribution in [0.3, 0.4) is 0 Å². The summed E-state index contributed by atoms with van der Waals surface area (Å²) in [5, 5.41) is 0. The summed E-state index contributed by atoms with van der Waals surface area (Å²) >= 11 is 0. The molecule has 0 aromatic heterocycles. The lowest BCUT2D eigenvalue weighted by Gasteiger charge is -2.42. The SMILES string of the molecule is CC1CCC(N2CCN(C[C@H]3C[C@H]4C=C[C@@H]3C4)CC2)CC1. The highest BCUT2D eigenvalue weighted by Gasteiger charge is 2.37. The molecule has 2 heteroatoms. The summed E-state index contributed by atoms with van der Waals surface area (Å²) in [6, 6.07) is 0.911. The Kier molecular flexibility index (Phi) is 4.10. The van der Waals surface area contributed by atoms with Gasteiger partial charge in [0.25, 0.3) is 0 Å². The zero-order valence-electron chi connectivity index (χ0n) is 13.7. The number of rotatable bonds is 3. The van der Waals surface area contributed by atoms with E-state index in [4.69, 9.17) is 0 Å². The van der Waals surface area contributed by atoms with Gasteiger partial charge >= 0.3 is 0 Å². The van der Waals surface area contributed by atoms with E-state index in [1.54, 1.807) is 0 Å². The molecule has 3 atom stereocenters. The summed E-state index contributed by atoms with van der Waals surface area (Å²) in [5.41, 5.74) is 0. The maximum absolute atomic E-state index is 2.81. The lowest BCUT2D eigenvalue weighted by molar-refractivity contribution is 0.0628. The minimum atomic E-state index is 0.911. The predicted octanol–water partition coefficient (Wildman–Crippen LogP) is 3.39. The van der Waals surface area contributed by atoms with Crippen molar-refractivity contribution in [3.05, 3.63) is 12.2 Å². The molecule has 2 saturated carbocycles. The number of allylic oxidation sites excluding steroid dienone is 2. The quantitative estimate of drug-likeness (QED) is 0.735. The van der Waals surface area contributed by atoms with Gasteiger partial charge in [0.1, 0.15) is 0 Å². The molecule has 2 nitrogen and oxygen atoms in total. The van der Waals surface area contributed by atoms with Gasteiger partial charge in [-0.05, 0) is 62.2 Å². The van der Waals surface area contributed by atoms with E-state index in [9.17, 15) is 0 Å². The van der Waals surface area contributed by atoms with Crippen LogP contribution in [0.1, 0.15) is 45.4 Å². The van der Waals surface area contributed by atoms with Crippen molar-refractivity contribution in [3.63, 3.8) is 0 Å². The molecule has 1 aliphatic heterocycles. The van der Waals surface area contributed by atoms with Crippen molar-refractivity contribution >= 4 is 0 Å². The minimum absolute atomic E-state index is 0.911. The molecule has 0 aromatic rings. The third-order valence-electron chi connectivity index (χ3n) is 6.82. The summed E-state index contributed by atoms with van der Waals surface area (Å²) in [4.78, 5) is 5.57. The van der Waals surface area contributed by atoms with E-state index < -0.39 is 0 Å². The molecule has 4 rings (SSSR count). The standard InChI is InChI=1S/C19H32N2/c1-15-2-6-19(7-3-15)21-10-8-20(9-11-21)14-18-13-16-4-5-17(18)12-16/h4-5,15-19H,2-3,6-14H2,1H3/t15?,16-,17+,18+,19?/m0/s1. The van der Waals surface area contributed by atoms with Crippen molar-refractivity contribution in [2.45, 2.75) is 51.5 Å². The van der Waals surface area contributed by atoms with Gasteiger partial charge in [0.2, 0.25) is 0 Å². The van der Waals surface area contributed by atoms with Crippen molar-refractivity contribution in [1.29, 1.82) is 0 Å². The molecule has 1 saturated heterocycles. The van der Waals surface area contributed by atoms with Gasteiger partial charge < -0.3 is 4.90 Å². The first kappa shape index (κ1) is 14.3. The Labute approximate surface area is 130 Å². The van der Waals surface area contributed by atoms with Gasteiger partial charge in [0, 0.05) is 38.8 Å². The van der Waals surface area contributed by atoms with Crippen LogP contribution in [0.4, 0.5) is 0 Å². The Hall–Kier alpha value is -0.340. The molecule has 0 N–H and O–H groups in total. The lowest BCUT2D eigenvalue weighted by atomic mass is 9.86. The van der Waals surface area contributed by atoms with Crippen LogP contribution in [0.5, 0.6) is 0 Å². The third kappa shape index (κ3) is 3.07. The van der Waals surface area contributed by atoms with Crippen LogP contribution >= 0.6 is 0 Å². The Balaban J connectivity index is 1.23. The molecule has 21 heavy (non-hydrogen) atoms. The number of piperazine rings is 1. The molecule has 1 heterocycles. The van der Waals surface area contributed by atoms with Crippen molar-refractivity contribution in [3.8, 4) is 0 Å². The van der Waals surface area contributed by atoms with Crippen LogP contribution < -0.4 is 0 Å². The van der Waals surface area contributed by atoms with Crippen LogP contribution in [-0.4, -0.2) is 48.6 Å². The van der Waals surface area contributed by atoms with E-state index in [2.05, 4.69) is 28.9 Å². The molecule has 118 valence electrons. The van der Waals surface area contributed by atoms with Gasteiger partial charge in [-0.2, -0.15) is 0 Å². The molecule has 0 aromatic carbocycles. The van der Waals surface area contributed by atoms with E-state index in [-0.39, 0.29) is 0 Å². The zero-order chi connectivity index (χ0) is 14.2. The number of fused-ring (bicyclic) bond motifs is 2. The summed E-state index contributed by atoms with van der Waals surface area (Å²) in [6.45, 7) is 9.11. The topological polar surface area (TPSA) is 6.48 Å². The normalized spacial score (nSPS) is 44.5. The molecule has 0 spiro atoms. The van der Waals surface area contributed by atoms with E-state index >= 15 is 0 Å². The highest BCUT2D eigenvalue weighted by atomic mass is 15.3. The lowest BCUT2D eigenvalue weighted by Crippen LogP contribution is -2.52. The van der Waals surface area contributed by atoms with Gasteiger partial charge in [-0.3, -0.25) is 4.90 Å². The maximum atomic E-state index is 2.81. The monoisotopic (exact) mass is 288 g/mol. The highest BCUT2D eigenvalue weighted by molar-refractivity contribution is 5.10. The van der Waals surface area contributed by atoms with Gasteiger partial charge in [0.05, 0.1) is 0 Å². The summed E-state index contributed by atoms with van der Waals surface area (Å²) in [5.74, 6) is 3.81. The van der Waals surface area contributed by atoms with Crippen LogP contribution in [0, 0.1) is 23.7 Å². The fourth-order valence-corrected chi connectivity index (χ4v) is 5.35. The number of nitrogens with zero attached hydrogens (tertiary/aromatic N) is 2. The van der Waals surface area contributed by atoms with Gasteiger partial charge in [0.15, 0.2) is 0 Å². The van der Waals surface area contributed by atoms with E-state index in [1.165, 1.54) is 71.2 Å². The first-order chi connectivity index (χ1) is 10.3. The number of hydrogen-bond donors (Lipinski definition) is 0. The smallest absolute Gasteiger partial charge is 0.0113 e. The van der Waals surface area contributed by atoms with Crippen LogP contribution in [-0.2, 0) is 0 Å². The fraction of sp³-hybridized carbons (Fsp3) is 0.895. The Morgan fingerprint density at radius 1 is 0.905 bits per heavy atom. The maximum Gasteiger partial charge on any atom is 0.0113 e. The third-order valence-corrected chi connectivity index (χ3v) is 6.82. The second kappa shape index (κ2) is 6.04. The minimum Gasteiger partial charge on any atom is -0.300 e. The van der Waals surface area contributed by atoms with Gasteiger partial charge in [-0.25, -0.2) is 0 Å². The van der Waals surface area contributed by atoms with Crippen LogP contribution in [0.2, 0.25) is 0 Å². The van der Waals surface area contributed by atoms with Crippen LogP contribution in [0.15, 0.2) is 12.2 Å². The van der Waals surface area contributed by atoms with Crippen molar-refractivity contribution < 1.29 is 0 Å². The summed E-state index contributed by atoms with van der Waals surface area (Å²) in [6.07, 6.45) is 13.8. The zero-order valence-corrected chi connectivity index (χ0v) is 13.7. The second-order valence-corrected chi connectivity index (χ2v) is 8.29. The van der Waals surface area contributed by atoms with E-state index in [0.717, 1.165) is 29.7 Å². The summed E-state index contributed by atoms with van der Waals surface area (Å²) < 4.78 is 0. The fourth-order valence-electron chi connectivity index (χ4n) is 5.35. The highest BCUT2D eigenvalue weighted by Crippen LogP contribution is 2.43. The molecule has 0 radical (unpaired) electrons.